The van der Waals surface area contributed by atoms with Crippen molar-refractivity contribution in [3.05, 3.63) is 42.5 Å². The Hall–Kier alpha value is -1.57. The van der Waals surface area contributed by atoms with E-state index in [1.54, 1.807) is 23.1 Å². The SMILES string of the molecule is CCCCSc1nnc(SC(C)C(=O)Nc2ccc3ccccc3c2)s1. The van der Waals surface area contributed by atoms with Gasteiger partial charge in [-0.05, 0) is 36.2 Å². The van der Waals surface area contributed by atoms with E-state index < -0.39 is 0 Å². The van der Waals surface area contributed by atoms with Gasteiger partial charge in [-0.1, -0.05) is 78.5 Å². The summed E-state index contributed by atoms with van der Waals surface area (Å²) in [6.07, 6.45) is 2.36. The highest BCUT2D eigenvalue weighted by molar-refractivity contribution is 8.03. The third kappa shape index (κ3) is 5.22. The number of nitrogens with one attached hydrogen (secondary N) is 1. The first-order valence-corrected chi connectivity index (χ1v) is 11.3. The summed E-state index contributed by atoms with van der Waals surface area (Å²) in [4.78, 5) is 12.5. The van der Waals surface area contributed by atoms with Crippen LogP contribution in [0.5, 0.6) is 0 Å². The van der Waals surface area contributed by atoms with Gasteiger partial charge < -0.3 is 5.32 Å². The molecule has 26 heavy (non-hydrogen) atoms. The largest absolute Gasteiger partial charge is 0.325 e. The first-order chi connectivity index (χ1) is 12.7. The Morgan fingerprint density at radius 1 is 1.15 bits per heavy atom. The minimum absolute atomic E-state index is 0.0272. The van der Waals surface area contributed by atoms with E-state index in [2.05, 4.69) is 28.5 Å². The van der Waals surface area contributed by atoms with E-state index in [4.69, 9.17) is 0 Å². The number of carbonyl (C=O) groups excluding carboxylic acids is 1. The van der Waals surface area contributed by atoms with E-state index in [1.165, 1.54) is 24.6 Å². The van der Waals surface area contributed by atoms with Crippen LogP contribution in [-0.2, 0) is 4.79 Å². The quantitative estimate of drug-likeness (QED) is 0.386. The number of nitrogens with zero attached hydrogens (tertiary/aromatic N) is 2. The van der Waals surface area contributed by atoms with Gasteiger partial charge in [0.05, 0.1) is 5.25 Å². The van der Waals surface area contributed by atoms with E-state index >= 15 is 0 Å². The molecule has 1 unspecified atom stereocenters. The Balaban J connectivity index is 1.57. The average Bonchev–Trinajstić information content (AvgIpc) is 3.09. The Bertz CT molecular complexity index is 881. The predicted molar refractivity (Wildman–Crippen MR) is 113 cm³/mol. The van der Waals surface area contributed by atoms with E-state index in [0.29, 0.717) is 0 Å². The van der Waals surface area contributed by atoms with E-state index in [9.17, 15) is 4.79 Å². The Labute approximate surface area is 166 Å². The van der Waals surface area contributed by atoms with Gasteiger partial charge in [-0.25, -0.2) is 0 Å². The van der Waals surface area contributed by atoms with Crippen molar-refractivity contribution < 1.29 is 4.79 Å². The summed E-state index contributed by atoms with van der Waals surface area (Å²) >= 11 is 4.75. The van der Waals surface area contributed by atoms with Crippen LogP contribution in [0.1, 0.15) is 26.7 Å². The van der Waals surface area contributed by atoms with Gasteiger partial charge in [-0.3, -0.25) is 4.79 Å². The molecule has 1 aromatic heterocycles. The van der Waals surface area contributed by atoms with Gasteiger partial charge in [0.15, 0.2) is 8.68 Å². The molecule has 0 aliphatic carbocycles. The summed E-state index contributed by atoms with van der Waals surface area (Å²) in [5, 5.41) is 13.4. The lowest BCUT2D eigenvalue weighted by atomic mass is 10.1. The van der Waals surface area contributed by atoms with Crippen LogP contribution in [0.3, 0.4) is 0 Å². The summed E-state index contributed by atoms with van der Waals surface area (Å²) in [5.41, 5.74) is 0.814. The van der Waals surface area contributed by atoms with Gasteiger partial charge in [0.2, 0.25) is 5.91 Å². The fourth-order valence-corrected chi connectivity index (χ4v) is 5.64. The van der Waals surface area contributed by atoms with Gasteiger partial charge in [-0.15, -0.1) is 10.2 Å². The number of rotatable bonds is 8. The number of hydrogen-bond acceptors (Lipinski definition) is 6. The number of thioether (sulfide) groups is 2. The summed E-state index contributed by atoms with van der Waals surface area (Å²) in [5.74, 6) is 1.04. The van der Waals surface area contributed by atoms with Gasteiger partial charge in [-0.2, -0.15) is 0 Å². The average molecular weight is 404 g/mol. The van der Waals surface area contributed by atoms with Crippen molar-refractivity contribution in [2.24, 2.45) is 0 Å². The zero-order valence-corrected chi connectivity index (χ0v) is 17.2. The summed E-state index contributed by atoms with van der Waals surface area (Å²) in [6, 6.07) is 14.1. The van der Waals surface area contributed by atoms with E-state index in [0.717, 1.165) is 30.9 Å². The third-order valence-corrected chi connectivity index (χ3v) is 7.10. The minimum Gasteiger partial charge on any atom is -0.325 e. The van der Waals surface area contributed by atoms with Crippen molar-refractivity contribution in [1.82, 2.24) is 10.2 Å². The van der Waals surface area contributed by atoms with E-state index in [-0.39, 0.29) is 11.2 Å². The second kappa shape index (κ2) is 9.39. The molecule has 0 aliphatic rings. The molecular weight excluding hydrogens is 382 g/mol. The zero-order chi connectivity index (χ0) is 18.4. The Morgan fingerprint density at radius 3 is 2.73 bits per heavy atom. The summed E-state index contributed by atoms with van der Waals surface area (Å²) in [7, 11) is 0. The van der Waals surface area contributed by atoms with Gasteiger partial charge in [0, 0.05) is 11.4 Å². The van der Waals surface area contributed by atoms with Crippen molar-refractivity contribution in [1.29, 1.82) is 0 Å². The maximum Gasteiger partial charge on any atom is 0.237 e. The van der Waals surface area contributed by atoms with Crippen molar-refractivity contribution in [3.63, 3.8) is 0 Å². The lowest BCUT2D eigenvalue weighted by Gasteiger charge is -2.11. The lowest BCUT2D eigenvalue weighted by Crippen LogP contribution is -2.22. The van der Waals surface area contributed by atoms with Crippen LogP contribution in [-0.4, -0.2) is 27.1 Å². The molecule has 0 radical (unpaired) electrons. The zero-order valence-electron chi connectivity index (χ0n) is 14.8. The highest BCUT2D eigenvalue weighted by Gasteiger charge is 2.17. The molecule has 0 spiro atoms. The third-order valence-electron chi connectivity index (χ3n) is 3.78. The molecule has 2 aromatic carbocycles. The number of fused-ring (bicyclic) bond motifs is 1. The molecule has 7 heteroatoms. The maximum atomic E-state index is 12.5. The molecule has 136 valence electrons. The molecule has 1 atom stereocenters. The smallest absolute Gasteiger partial charge is 0.237 e. The van der Waals surface area contributed by atoms with Gasteiger partial charge in [0.1, 0.15) is 0 Å². The summed E-state index contributed by atoms with van der Waals surface area (Å²) in [6.45, 7) is 4.07. The number of hydrogen-bond donors (Lipinski definition) is 1. The van der Waals surface area contributed by atoms with Crippen LogP contribution in [0.4, 0.5) is 5.69 Å². The molecule has 0 saturated heterocycles. The molecule has 0 aliphatic heterocycles. The van der Waals surface area contributed by atoms with Crippen molar-refractivity contribution in [2.45, 2.75) is 40.6 Å². The fraction of sp³-hybridized carbons (Fsp3) is 0.316. The number of aromatic nitrogens is 2. The second-order valence-electron chi connectivity index (χ2n) is 5.85. The summed E-state index contributed by atoms with van der Waals surface area (Å²) < 4.78 is 1.81. The first-order valence-electron chi connectivity index (χ1n) is 8.58. The normalized spacial score (nSPS) is 12.2. The van der Waals surface area contributed by atoms with Crippen LogP contribution in [0.25, 0.3) is 10.8 Å². The highest BCUT2D eigenvalue weighted by atomic mass is 32.2. The monoisotopic (exact) mass is 403 g/mol. The molecule has 1 heterocycles. The number of amides is 1. The lowest BCUT2D eigenvalue weighted by molar-refractivity contribution is -0.115. The molecule has 1 N–H and O–H groups in total. The molecule has 0 bridgehead atoms. The Kier molecular flexibility index (Phi) is 6.93. The molecular formula is C19H21N3OS3. The standard InChI is InChI=1S/C19H21N3OS3/c1-3-4-11-24-18-21-22-19(26-18)25-13(2)17(23)20-16-10-9-14-7-5-6-8-15(14)12-16/h5-10,12-13H,3-4,11H2,1-2H3,(H,20,23). The minimum atomic E-state index is -0.233. The number of benzene rings is 2. The van der Waals surface area contributed by atoms with Crippen molar-refractivity contribution in [3.8, 4) is 0 Å². The van der Waals surface area contributed by atoms with Crippen LogP contribution in [0.2, 0.25) is 0 Å². The molecule has 0 saturated carbocycles. The van der Waals surface area contributed by atoms with Gasteiger partial charge in [0.25, 0.3) is 0 Å². The fourth-order valence-electron chi connectivity index (χ4n) is 2.32. The van der Waals surface area contributed by atoms with Crippen LogP contribution < -0.4 is 5.32 Å². The van der Waals surface area contributed by atoms with Gasteiger partial charge >= 0.3 is 0 Å². The maximum absolute atomic E-state index is 12.5. The number of unbranched alkanes of at least 4 members (excludes halogenated alkanes) is 1. The molecule has 3 aromatic rings. The van der Waals surface area contributed by atoms with Crippen LogP contribution in [0.15, 0.2) is 51.1 Å². The topological polar surface area (TPSA) is 54.9 Å². The Morgan fingerprint density at radius 2 is 1.92 bits per heavy atom. The second-order valence-corrected chi connectivity index (χ2v) is 9.75. The number of carbonyl (C=O) groups is 1. The van der Waals surface area contributed by atoms with Crippen molar-refractivity contribution in [2.75, 3.05) is 11.1 Å². The first kappa shape index (κ1) is 19.2. The molecule has 0 fully saturated rings. The number of anilines is 1. The van der Waals surface area contributed by atoms with Crippen LogP contribution >= 0.6 is 34.9 Å². The molecule has 1 amide bonds. The highest BCUT2D eigenvalue weighted by Crippen LogP contribution is 2.32. The predicted octanol–water partition coefficient (Wildman–Crippen LogP) is 5.70. The molecule has 4 nitrogen and oxygen atoms in total. The van der Waals surface area contributed by atoms with Crippen LogP contribution in [0, 0.1) is 0 Å². The van der Waals surface area contributed by atoms with Crippen molar-refractivity contribution >= 4 is 57.2 Å². The van der Waals surface area contributed by atoms with E-state index in [1.807, 2.05) is 43.3 Å². The molecule has 3 rings (SSSR count).